The highest BCUT2D eigenvalue weighted by Crippen LogP contribution is 2.32. The molecule has 0 fully saturated rings. The lowest BCUT2D eigenvalue weighted by molar-refractivity contribution is 0.466. The van der Waals surface area contributed by atoms with Gasteiger partial charge in [0.25, 0.3) is 0 Å². The molecule has 0 saturated heterocycles. The number of hydrogen-bond acceptors (Lipinski definition) is 2. The highest BCUT2D eigenvalue weighted by atomic mass is 79.9. The second-order valence-electron chi connectivity index (χ2n) is 4.04. The van der Waals surface area contributed by atoms with Crippen molar-refractivity contribution in [2.45, 2.75) is 32.1 Å². The van der Waals surface area contributed by atoms with Crippen molar-refractivity contribution in [3.05, 3.63) is 22.2 Å². The summed E-state index contributed by atoms with van der Waals surface area (Å²) in [4.78, 5) is 0. The fourth-order valence-corrected chi connectivity index (χ4v) is 2.49. The van der Waals surface area contributed by atoms with Crippen LogP contribution in [0, 0.1) is 0 Å². The molecule has 0 bridgehead atoms. The first-order chi connectivity index (χ1) is 7.27. The summed E-state index contributed by atoms with van der Waals surface area (Å²) in [6.45, 7) is 1.00. The molecule has 0 unspecified atom stereocenters. The molecule has 1 aromatic rings. The van der Waals surface area contributed by atoms with E-state index in [9.17, 15) is 5.11 Å². The quantitative estimate of drug-likeness (QED) is 0.753. The van der Waals surface area contributed by atoms with Crippen molar-refractivity contribution in [3.8, 4) is 5.75 Å². The van der Waals surface area contributed by atoms with Crippen LogP contribution in [0.5, 0.6) is 5.75 Å². The standard InChI is InChI=1S/C12H16BrNO/c13-9-7-11-10(12(15)8-9)5-3-1-2-4-6-14-11/h7-8,14-15H,1-6H2. The van der Waals surface area contributed by atoms with Gasteiger partial charge >= 0.3 is 0 Å². The van der Waals surface area contributed by atoms with Gasteiger partial charge in [0.05, 0.1) is 0 Å². The monoisotopic (exact) mass is 269 g/mol. The lowest BCUT2D eigenvalue weighted by Gasteiger charge is -2.12. The van der Waals surface area contributed by atoms with Gasteiger partial charge in [-0.3, -0.25) is 0 Å². The molecule has 0 spiro atoms. The fraction of sp³-hybridized carbons (Fsp3) is 0.500. The maximum absolute atomic E-state index is 9.88. The Bertz CT molecular complexity index is 352. The number of anilines is 1. The predicted octanol–water partition coefficient (Wildman–Crippen LogP) is 3.68. The molecule has 1 heterocycles. The number of hydrogen-bond donors (Lipinski definition) is 2. The minimum atomic E-state index is 0.411. The third-order valence-electron chi connectivity index (χ3n) is 2.86. The van der Waals surface area contributed by atoms with Gasteiger partial charge in [-0.1, -0.05) is 28.8 Å². The van der Waals surface area contributed by atoms with Gasteiger partial charge in [-0.15, -0.1) is 0 Å². The minimum Gasteiger partial charge on any atom is -0.508 e. The minimum absolute atomic E-state index is 0.411. The normalized spacial score (nSPS) is 16.9. The number of phenols is 1. The molecule has 15 heavy (non-hydrogen) atoms. The summed E-state index contributed by atoms with van der Waals surface area (Å²) in [6.07, 6.45) is 5.90. The van der Waals surface area contributed by atoms with Crippen molar-refractivity contribution < 1.29 is 5.11 Å². The van der Waals surface area contributed by atoms with Gasteiger partial charge in [0, 0.05) is 22.3 Å². The van der Waals surface area contributed by atoms with Crippen LogP contribution in [0.4, 0.5) is 5.69 Å². The molecule has 1 aromatic carbocycles. The van der Waals surface area contributed by atoms with E-state index in [0.29, 0.717) is 5.75 Å². The molecule has 0 atom stereocenters. The average Bonchev–Trinajstić information content (AvgIpc) is 2.29. The van der Waals surface area contributed by atoms with E-state index in [4.69, 9.17) is 0 Å². The lowest BCUT2D eigenvalue weighted by Crippen LogP contribution is -2.03. The van der Waals surface area contributed by atoms with E-state index in [1.807, 2.05) is 0 Å². The van der Waals surface area contributed by atoms with Crippen LogP contribution >= 0.6 is 15.9 Å². The smallest absolute Gasteiger partial charge is 0.121 e. The Balaban J connectivity index is 2.33. The van der Waals surface area contributed by atoms with Crippen molar-refractivity contribution in [2.24, 2.45) is 0 Å². The molecule has 2 rings (SSSR count). The van der Waals surface area contributed by atoms with Crippen LogP contribution in [0.15, 0.2) is 16.6 Å². The number of fused-ring (bicyclic) bond motifs is 1. The third-order valence-corrected chi connectivity index (χ3v) is 3.32. The molecule has 0 saturated carbocycles. The molecular formula is C12H16BrNO. The Labute approximate surface area is 98.8 Å². The van der Waals surface area contributed by atoms with Crippen molar-refractivity contribution >= 4 is 21.6 Å². The molecule has 0 amide bonds. The van der Waals surface area contributed by atoms with Gasteiger partial charge in [0.2, 0.25) is 0 Å². The van der Waals surface area contributed by atoms with Gasteiger partial charge in [0.15, 0.2) is 0 Å². The molecule has 3 heteroatoms. The van der Waals surface area contributed by atoms with E-state index in [0.717, 1.165) is 28.7 Å². The largest absolute Gasteiger partial charge is 0.508 e. The van der Waals surface area contributed by atoms with E-state index in [-0.39, 0.29) is 0 Å². The second kappa shape index (κ2) is 4.88. The topological polar surface area (TPSA) is 32.3 Å². The van der Waals surface area contributed by atoms with Gasteiger partial charge in [-0.05, 0) is 31.4 Å². The number of rotatable bonds is 0. The van der Waals surface area contributed by atoms with Crippen molar-refractivity contribution in [2.75, 3.05) is 11.9 Å². The number of phenolic OH excluding ortho intramolecular Hbond substituents is 1. The molecule has 2 nitrogen and oxygen atoms in total. The summed E-state index contributed by atoms with van der Waals surface area (Å²) < 4.78 is 0.936. The van der Waals surface area contributed by atoms with Gasteiger partial charge < -0.3 is 10.4 Å². The Morgan fingerprint density at radius 3 is 2.80 bits per heavy atom. The van der Waals surface area contributed by atoms with Crippen molar-refractivity contribution in [1.29, 1.82) is 0 Å². The SMILES string of the molecule is Oc1cc(Br)cc2c1CCCCCCN2. The number of nitrogens with one attached hydrogen (secondary N) is 1. The van der Waals surface area contributed by atoms with Gasteiger partial charge in [0.1, 0.15) is 5.75 Å². The molecule has 0 aliphatic carbocycles. The van der Waals surface area contributed by atoms with Crippen molar-refractivity contribution in [1.82, 2.24) is 0 Å². The highest BCUT2D eigenvalue weighted by Gasteiger charge is 2.10. The maximum Gasteiger partial charge on any atom is 0.121 e. The number of benzene rings is 1. The zero-order valence-corrected chi connectivity index (χ0v) is 10.3. The zero-order chi connectivity index (χ0) is 10.7. The van der Waals surface area contributed by atoms with Crippen LogP contribution in [-0.2, 0) is 6.42 Å². The third kappa shape index (κ3) is 2.65. The lowest BCUT2D eigenvalue weighted by atomic mass is 10.0. The van der Waals surface area contributed by atoms with Crippen LogP contribution < -0.4 is 5.32 Å². The highest BCUT2D eigenvalue weighted by molar-refractivity contribution is 9.10. The van der Waals surface area contributed by atoms with E-state index >= 15 is 0 Å². The van der Waals surface area contributed by atoms with E-state index < -0.39 is 0 Å². The summed E-state index contributed by atoms with van der Waals surface area (Å²) in [7, 11) is 0. The van der Waals surface area contributed by atoms with Gasteiger partial charge in [-0.25, -0.2) is 0 Å². The van der Waals surface area contributed by atoms with Crippen molar-refractivity contribution in [3.63, 3.8) is 0 Å². The Hall–Kier alpha value is -0.700. The Morgan fingerprint density at radius 2 is 1.93 bits per heavy atom. The van der Waals surface area contributed by atoms with E-state index in [2.05, 4.69) is 27.3 Å². The molecule has 2 N–H and O–H groups in total. The van der Waals surface area contributed by atoms with E-state index in [1.165, 1.54) is 25.7 Å². The first kappa shape index (κ1) is 10.8. The summed E-state index contributed by atoms with van der Waals surface area (Å²) in [5.41, 5.74) is 2.16. The Morgan fingerprint density at radius 1 is 1.13 bits per heavy atom. The molecule has 1 aliphatic heterocycles. The number of aromatic hydroxyl groups is 1. The second-order valence-corrected chi connectivity index (χ2v) is 4.96. The number of halogens is 1. The molecular weight excluding hydrogens is 254 g/mol. The Kier molecular flexibility index (Phi) is 3.52. The summed E-state index contributed by atoms with van der Waals surface area (Å²) in [6, 6.07) is 3.83. The van der Waals surface area contributed by atoms with Crippen LogP contribution in [-0.4, -0.2) is 11.7 Å². The fourth-order valence-electron chi connectivity index (χ4n) is 2.05. The zero-order valence-electron chi connectivity index (χ0n) is 8.72. The summed E-state index contributed by atoms with van der Waals surface area (Å²) >= 11 is 3.41. The van der Waals surface area contributed by atoms with Crippen LogP contribution in [0.3, 0.4) is 0 Å². The molecule has 1 aliphatic rings. The molecule has 82 valence electrons. The first-order valence-electron chi connectivity index (χ1n) is 5.52. The molecule has 0 aromatic heterocycles. The summed E-state index contributed by atoms with van der Waals surface area (Å²) in [5, 5.41) is 13.3. The average molecular weight is 270 g/mol. The van der Waals surface area contributed by atoms with Crippen LogP contribution in [0.25, 0.3) is 0 Å². The first-order valence-corrected chi connectivity index (χ1v) is 6.32. The predicted molar refractivity (Wildman–Crippen MR) is 66.5 cm³/mol. The van der Waals surface area contributed by atoms with Crippen LogP contribution in [0.1, 0.15) is 31.2 Å². The van der Waals surface area contributed by atoms with Gasteiger partial charge in [-0.2, -0.15) is 0 Å². The maximum atomic E-state index is 9.88. The van der Waals surface area contributed by atoms with E-state index in [1.54, 1.807) is 6.07 Å². The summed E-state index contributed by atoms with van der Waals surface area (Å²) in [5.74, 6) is 0.411. The van der Waals surface area contributed by atoms with Crippen LogP contribution in [0.2, 0.25) is 0 Å². The molecule has 0 radical (unpaired) electrons.